The largest absolute Gasteiger partial charge is 0.473 e. The molecule has 4 nitrogen and oxygen atoms in total. The van der Waals surface area contributed by atoms with Gasteiger partial charge in [-0.2, -0.15) is 0 Å². The average Bonchev–Trinajstić information content (AvgIpc) is 1.82. The first kappa shape index (κ1) is 7.50. The Morgan fingerprint density at radius 3 is 2.44 bits per heavy atom. The zero-order valence-corrected chi connectivity index (χ0v) is 4.67. The van der Waals surface area contributed by atoms with E-state index in [1.165, 1.54) is 6.92 Å². The predicted octanol–water partition coefficient (Wildman–Crippen LogP) is -0.405. The summed E-state index contributed by atoms with van der Waals surface area (Å²) in [4.78, 5) is 19.6. The number of esters is 1. The number of ether oxygens (including phenoxy) is 1. The van der Waals surface area contributed by atoms with Crippen molar-refractivity contribution < 1.29 is 19.4 Å². The maximum Gasteiger partial charge on any atom is 0.431 e. The third-order valence-electron chi connectivity index (χ3n) is 0.420. The van der Waals surface area contributed by atoms with Gasteiger partial charge in [-0.05, 0) is 0 Å². The van der Waals surface area contributed by atoms with Crippen molar-refractivity contribution in [3.05, 3.63) is 0 Å². The standard InChI is InChI=1S/C5H4O4/c1-2-3-9-5(8)4(6)7/h1H3,(H,6,7). The zero-order valence-electron chi connectivity index (χ0n) is 4.67. The fourth-order valence-corrected chi connectivity index (χ4v) is 0.141. The van der Waals surface area contributed by atoms with Crippen LogP contribution in [-0.4, -0.2) is 17.0 Å². The minimum Gasteiger partial charge on any atom is -0.473 e. The molecule has 0 bridgehead atoms. The smallest absolute Gasteiger partial charge is 0.431 e. The van der Waals surface area contributed by atoms with Gasteiger partial charge >= 0.3 is 11.9 Å². The fraction of sp³-hybridized carbons (Fsp3) is 0.200. The molecule has 0 aromatic carbocycles. The van der Waals surface area contributed by atoms with Crippen LogP contribution >= 0.6 is 0 Å². The highest BCUT2D eigenvalue weighted by Gasteiger charge is 2.10. The molecule has 0 amide bonds. The van der Waals surface area contributed by atoms with E-state index in [1.54, 1.807) is 0 Å². The molecule has 1 N–H and O–H groups in total. The highest BCUT2D eigenvalue weighted by atomic mass is 16.6. The Morgan fingerprint density at radius 2 is 2.11 bits per heavy atom. The van der Waals surface area contributed by atoms with E-state index in [9.17, 15) is 9.59 Å². The molecule has 0 aromatic heterocycles. The molecule has 0 aliphatic rings. The number of hydrogen-bond donors (Lipinski definition) is 1. The third-order valence-corrected chi connectivity index (χ3v) is 0.420. The SMILES string of the molecule is CC#COC(=O)C(=O)O. The average molecular weight is 128 g/mol. The van der Waals surface area contributed by atoms with Gasteiger partial charge in [0.05, 0.1) is 0 Å². The first-order chi connectivity index (χ1) is 4.18. The van der Waals surface area contributed by atoms with E-state index in [0.717, 1.165) is 0 Å². The molecule has 0 rings (SSSR count). The molecule has 0 radical (unpaired) electrons. The van der Waals surface area contributed by atoms with Gasteiger partial charge in [0.2, 0.25) is 0 Å². The van der Waals surface area contributed by atoms with E-state index in [0.29, 0.717) is 0 Å². The number of aliphatic carboxylic acids is 1. The van der Waals surface area contributed by atoms with Gasteiger partial charge in [0.15, 0.2) is 0 Å². The van der Waals surface area contributed by atoms with Crippen LogP contribution in [0.5, 0.6) is 0 Å². The minimum absolute atomic E-state index is 1.36. The molecule has 0 atom stereocenters. The molecule has 48 valence electrons. The van der Waals surface area contributed by atoms with Gasteiger partial charge in [-0.15, -0.1) is 0 Å². The summed E-state index contributed by atoms with van der Waals surface area (Å²) in [7, 11) is 0. The Hall–Kier alpha value is -1.50. The highest BCUT2D eigenvalue weighted by Crippen LogP contribution is 1.73. The second-order valence-electron chi connectivity index (χ2n) is 1.05. The molecular formula is C5H4O4. The first-order valence-corrected chi connectivity index (χ1v) is 2.04. The summed E-state index contributed by atoms with van der Waals surface area (Å²) in [5.74, 6) is -0.801. The van der Waals surface area contributed by atoms with Crippen LogP contribution in [0.15, 0.2) is 0 Å². The van der Waals surface area contributed by atoms with Crippen molar-refractivity contribution in [1.29, 1.82) is 0 Å². The van der Waals surface area contributed by atoms with Gasteiger partial charge in [-0.3, -0.25) is 0 Å². The summed E-state index contributed by atoms with van der Waals surface area (Å²) in [6.07, 6.45) is 1.85. The topological polar surface area (TPSA) is 63.6 Å². The molecule has 0 fully saturated rings. The molecule has 0 spiro atoms. The lowest BCUT2D eigenvalue weighted by Gasteiger charge is -1.84. The van der Waals surface area contributed by atoms with Crippen LogP contribution in [0, 0.1) is 12.0 Å². The van der Waals surface area contributed by atoms with Crippen molar-refractivity contribution >= 4 is 11.9 Å². The number of carbonyl (C=O) groups excluding carboxylic acids is 1. The quantitative estimate of drug-likeness (QED) is 0.274. The Labute approximate surface area is 51.4 Å². The third kappa shape index (κ3) is 3.12. The van der Waals surface area contributed by atoms with Crippen LogP contribution in [0.3, 0.4) is 0 Å². The van der Waals surface area contributed by atoms with Gasteiger partial charge in [0.1, 0.15) is 6.11 Å². The summed E-state index contributed by atoms with van der Waals surface area (Å²) >= 11 is 0. The van der Waals surface area contributed by atoms with Crippen LogP contribution in [0.4, 0.5) is 0 Å². The van der Waals surface area contributed by atoms with E-state index < -0.39 is 11.9 Å². The lowest BCUT2D eigenvalue weighted by Crippen LogP contribution is -2.13. The summed E-state index contributed by atoms with van der Waals surface area (Å²) in [6, 6.07) is 0. The number of carbonyl (C=O) groups is 2. The van der Waals surface area contributed by atoms with Gasteiger partial charge in [-0.1, -0.05) is 5.92 Å². The van der Waals surface area contributed by atoms with Crippen molar-refractivity contribution in [3.63, 3.8) is 0 Å². The Bertz CT molecular complexity index is 183. The molecule has 0 unspecified atom stereocenters. The van der Waals surface area contributed by atoms with Crippen molar-refractivity contribution in [2.24, 2.45) is 0 Å². The molecule has 0 aliphatic heterocycles. The summed E-state index contributed by atoms with van der Waals surface area (Å²) in [6.45, 7) is 1.43. The van der Waals surface area contributed by atoms with Crippen molar-refractivity contribution in [2.45, 2.75) is 6.92 Å². The number of carboxylic acid groups (broad SMARTS) is 1. The number of rotatable bonds is 0. The van der Waals surface area contributed by atoms with E-state index in [1.807, 2.05) is 6.11 Å². The summed E-state index contributed by atoms with van der Waals surface area (Å²) < 4.78 is 3.85. The minimum atomic E-state index is -1.64. The Morgan fingerprint density at radius 1 is 1.56 bits per heavy atom. The summed E-state index contributed by atoms with van der Waals surface area (Å²) in [5, 5.41) is 7.87. The van der Waals surface area contributed by atoms with Gasteiger partial charge in [0.25, 0.3) is 0 Å². The van der Waals surface area contributed by atoms with Crippen LogP contribution < -0.4 is 0 Å². The molecule has 0 saturated heterocycles. The van der Waals surface area contributed by atoms with E-state index in [2.05, 4.69) is 10.7 Å². The zero-order chi connectivity index (χ0) is 7.28. The molecule has 0 saturated carbocycles. The molecule has 4 heteroatoms. The molecule has 9 heavy (non-hydrogen) atoms. The van der Waals surface area contributed by atoms with Crippen molar-refractivity contribution in [3.8, 4) is 12.0 Å². The number of hydrogen-bond acceptors (Lipinski definition) is 3. The molecule has 0 aliphatic carbocycles. The van der Waals surface area contributed by atoms with Crippen molar-refractivity contribution in [2.75, 3.05) is 0 Å². The summed E-state index contributed by atoms with van der Waals surface area (Å²) in [5.41, 5.74) is 0. The maximum absolute atomic E-state index is 9.98. The molecule has 0 heterocycles. The second kappa shape index (κ2) is 3.50. The van der Waals surface area contributed by atoms with E-state index >= 15 is 0 Å². The van der Waals surface area contributed by atoms with Gasteiger partial charge < -0.3 is 9.84 Å². The van der Waals surface area contributed by atoms with E-state index in [-0.39, 0.29) is 0 Å². The lowest BCUT2D eigenvalue weighted by atomic mass is 10.7. The maximum atomic E-state index is 9.98. The van der Waals surface area contributed by atoms with Crippen LogP contribution in [0.25, 0.3) is 0 Å². The van der Waals surface area contributed by atoms with Gasteiger partial charge in [-0.25, -0.2) is 9.59 Å². The fourth-order valence-electron chi connectivity index (χ4n) is 0.141. The van der Waals surface area contributed by atoms with Crippen LogP contribution in [0.1, 0.15) is 6.92 Å². The first-order valence-electron chi connectivity index (χ1n) is 2.04. The van der Waals surface area contributed by atoms with Gasteiger partial charge in [0, 0.05) is 6.92 Å². The lowest BCUT2D eigenvalue weighted by molar-refractivity contribution is -0.159. The predicted molar refractivity (Wildman–Crippen MR) is 27.2 cm³/mol. The van der Waals surface area contributed by atoms with E-state index in [4.69, 9.17) is 5.11 Å². The second-order valence-corrected chi connectivity index (χ2v) is 1.05. The molecular weight excluding hydrogens is 124 g/mol. The van der Waals surface area contributed by atoms with Crippen molar-refractivity contribution in [1.82, 2.24) is 0 Å². The molecule has 0 aromatic rings. The normalized spacial score (nSPS) is 6.78. The van der Waals surface area contributed by atoms with Crippen LogP contribution in [-0.2, 0) is 14.3 Å². The number of carboxylic acids is 1. The highest BCUT2D eigenvalue weighted by molar-refractivity contribution is 6.28. The Kier molecular flexibility index (Phi) is 2.91. The Balaban J connectivity index is 3.74. The van der Waals surface area contributed by atoms with Crippen LogP contribution in [0.2, 0.25) is 0 Å². The monoisotopic (exact) mass is 128 g/mol.